The van der Waals surface area contributed by atoms with Crippen LogP contribution in [0.25, 0.3) is 22.6 Å². The summed E-state index contributed by atoms with van der Waals surface area (Å²) in [5.74, 6) is 0.456. The third-order valence-electron chi connectivity index (χ3n) is 2.65. The minimum absolute atomic E-state index is 0.456. The van der Waals surface area contributed by atoms with Crippen molar-refractivity contribution in [3.8, 4) is 11.5 Å². The van der Waals surface area contributed by atoms with Gasteiger partial charge >= 0.3 is 0 Å². The second-order valence-corrected chi connectivity index (χ2v) is 6.23. The van der Waals surface area contributed by atoms with E-state index in [0.29, 0.717) is 27.7 Å². The summed E-state index contributed by atoms with van der Waals surface area (Å²) in [5.41, 5.74) is 8.44. The molecule has 0 atom stereocenters. The number of aromatic nitrogens is 1. The fourth-order valence-corrected chi connectivity index (χ4v) is 3.02. The van der Waals surface area contributed by atoms with Crippen LogP contribution < -0.4 is 5.73 Å². The van der Waals surface area contributed by atoms with E-state index >= 15 is 0 Å². The first-order chi connectivity index (χ1) is 9.04. The largest absolute Gasteiger partial charge is 0.434 e. The Morgan fingerprint density at radius 1 is 1.11 bits per heavy atom. The van der Waals surface area contributed by atoms with Crippen molar-refractivity contribution in [2.24, 2.45) is 0 Å². The van der Waals surface area contributed by atoms with Gasteiger partial charge in [0.25, 0.3) is 0 Å². The van der Waals surface area contributed by atoms with E-state index in [1.807, 2.05) is 18.2 Å². The molecule has 1 aromatic heterocycles. The molecule has 0 radical (unpaired) electrons. The second-order valence-electron chi connectivity index (χ2n) is 3.99. The highest BCUT2D eigenvalue weighted by atomic mass is 79.9. The third-order valence-corrected chi connectivity index (χ3v) is 3.91. The van der Waals surface area contributed by atoms with Gasteiger partial charge in [-0.2, -0.15) is 0 Å². The van der Waals surface area contributed by atoms with Gasteiger partial charge in [0.15, 0.2) is 5.58 Å². The molecule has 0 unspecified atom stereocenters. The molecule has 96 valence electrons. The number of halogens is 3. The van der Waals surface area contributed by atoms with Crippen LogP contribution in [0.2, 0.25) is 5.02 Å². The molecule has 3 rings (SSSR count). The molecule has 3 nitrogen and oxygen atoms in total. The van der Waals surface area contributed by atoms with Crippen LogP contribution in [0.3, 0.4) is 0 Å². The fraction of sp³-hybridized carbons (Fsp3) is 0. The van der Waals surface area contributed by atoms with Crippen molar-refractivity contribution < 1.29 is 4.42 Å². The van der Waals surface area contributed by atoms with Crippen molar-refractivity contribution in [3.05, 3.63) is 44.3 Å². The smallest absolute Gasteiger partial charge is 0.228 e. The maximum absolute atomic E-state index is 6.19. The zero-order chi connectivity index (χ0) is 13.6. The molecular weight excluding hydrogens is 395 g/mol. The monoisotopic (exact) mass is 400 g/mol. The van der Waals surface area contributed by atoms with Gasteiger partial charge in [0.05, 0.1) is 16.3 Å². The predicted molar refractivity (Wildman–Crippen MR) is 84.3 cm³/mol. The number of nitrogens with zero attached hydrogens (tertiary/aromatic N) is 1. The summed E-state index contributed by atoms with van der Waals surface area (Å²) in [5, 5.41) is 0.568. The Labute approximate surface area is 131 Å². The van der Waals surface area contributed by atoms with Gasteiger partial charge in [0.2, 0.25) is 5.89 Å². The number of anilines is 1. The predicted octanol–water partition coefficient (Wildman–Crippen LogP) is 5.26. The molecule has 0 aliphatic rings. The molecule has 0 fully saturated rings. The maximum Gasteiger partial charge on any atom is 0.228 e. The highest BCUT2D eigenvalue weighted by Crippen LogP contribution is 2.34. The van der Waals surface area contributed by atoms with Gasteiger partial charge in [0, 0.05) is 8.95 Å². The van der Waals surface area contributed by atoms with Gasteiger partial charge < -0.3 is 10.2 Å². The third kappa shape index (κ3) is 2.38. The summed E-state index contributed by atoms with van der Waals surface area (Å²) in [6.45, 7) is 0. The fourth-order valence-electron chi connectivity index (χ4n) is 1.80. The average Bonchev–Trinajstić information content (AvgIpc) is 2.72. The number of rotatable bonds is 1. The maximum atomic E-state index is 6.19. The van der Waals surface area contributed by atoms with Crippen LogP contribution in [0.4, 0.5) is 5.69 Å². The summed E-state index contributed by atoms with van der Waals surface area (Å²) in [6, 6.07) is 9.16. The Hall–Kier alpha value is -1.04. The summed E-state index contributed by atoms with van der Waals surface area (Å²) < 4.78 is 7.47. The van der Waals surface area contributed by atoms with Crippen LogP contribution in [-0.2, 0) is 0 Å². The Morgan fingerprint density at radius 2 is 1.89 bits per heavy atom. The Morgan fingerprint density at radius 3 is 2.63 bits per heavy atom. The molecule has 19 heavy (non-hydrogen) atoms. The minimum Gasteiger partial charge on any atom is -0.434 e. The Bertz CT molecular complexity index is 786. The van der Waals surface area contributed by atoms with Crippen molar-refractivity contribution in [2.75, 3.05) is 5.73 Å². The number of hydrogen-bond donors (Lipinski definition) is 1. The van der Waals surface area contributed by atoms with Gasteiger partial charge in [-0.25, -0.2) is 4.98 Å². The Balaban J connectivity index is 2.23. The van der Waals surface area contributed by atoms with Gasteiger partial charge in [-0.3, -0.25) is 0 Å². The summed E-state index contributed by atoms with van der Waals surface area (Å²) in [4.78, 5) is 4.42. The lowest BCUT2D eigenvalue weighted by Gasteiger charge is -1.99. The lowest BCUT2D eigenvalue weighted by atomic mass is 10.2. The van der Waals surface area contributed by atoms with Gasteiger partial charge in [0.1, 0.15) is 5.52 Å². The SMILES string of the molecule is Nc1cc(Br)cc2nc(-c3ccc(Br)cc3Cl)oc12. The van der Waals surface area contributed by atoms with E-state index in [-0.39, 0.29) is 0 Å². The van der Waals surface area contributed by atoms with Crippen LogP contribution >= 0.6 is 43.5 Å². The van der Waals surface area contributed by atoms with Crippen LogP contribution in [0, 0.1) is 0 Å². The molecule has 0 aliphatic carbocycles. The van der Waals surface area contributed by atoms with Crippen LogP contribution in [0.15, 0.2) is 43.7 Å². The first-order valence-electron chi connectivity index (χ1n) is 5.35. The average molecular weight is 402 g/mol. The van der Waals surface area contributed by atoms with E-state index < -0.39 is 0 Å². The van der Waals surface area contributed by atoms with Crippen LogP contribution in [0.1, 0.15) is 0 Å². The number of nitrogen functional groups attached to an aromatic ring is 1. The van der Waals surface area contributed by atoms with Gasteiger partial charge in [-0.15, -0.1) is 0 Å². The van der Waals surface area contributed by atoms with E-state index in [0.717, 1.165) is 14.5 Å². The Kier molecular flexibility index (Phi) is 3.28. The molecular formula is C13H7Br2ClN2O. The first kappa shape index (κ1) is 13.0. The summed E-state index contributed by atoms with van der Waals surface area (Å²) >= 11 is 12.9. The van der Waals surface area contributed by atoms with E-state index in [1.54, 1.807) is 12.1 Å². The number of fused-ring (bicyclic) bond motifs is 1. The van der Waals surface area contributed by atoms with Crippen molar-refractivity contribution >= 4 is 60.2 Å². The lowest BCUT2D eigenvalue weighted by Crippen LogP contribution is -1.84. The summed E-state index contributed by atoms with van der Waals surface area (Å²) in [6.07, 6.45) is 0. The molecule has 1 heterocycles. The molecule has 0 aliphatic heterocycles. The van der Waals surface area contributed by atoms with E-state index in [9.17, 15) is 0 Å². The van der Waals surface area contributed by atoms with Crippen LogP contribution in [-0.4, -0.2) is 4.98 Å². The van der Waals surface area contributed by atoms with Crippen molar-refractivity contribution in [2.45, 2.75) is 0 Å². The molecule has 3 aromatic rings. The topological polar surface area (TPSA) is 52.0 Å². The van der Waals surface area contributed by atoms with E-state index in [1.165, 1.54) is 0 Å². The number of benzene rings is 2. The highest BCUT2D eigenvalue weighted by Gasteiger charge is 2.14. The zero-order valence-corrected chi connectivity index (χ0v) is 13.4. The van der Waals surface area contributed by atoms with Crippen molar-refractivity contribution in [3.63, 3.8) is 0 Å². The summed E-state index contributed by atoms with van der Waals surface area (Å²) in [7, 11) is 0. The van der Waals surface area contributed by atoms with Gasteiger partial charge in [-0.1, -0.05) is 43.5 Å². The quantitative estimate of drug-likeness (QED) is 0.565. The number of oxazole rings is 1. The molecule has 0 spiro atoms. The van der Waals surface area contributed by atoms with E-state index in [2.05, 4.69) is 36.8 Å². The van der Waals surface area contributed by atoms with Crippen molar-refractivity contribution in [1.29, 1.82) is 0 Å². The molecule has 6 heteroatoms. The molecule has 0 saturated heterocycles. The molecule has 0 amide bonds. The highest BCUT2D eigenvalue weighted by molar-refractivity contribution is 9.10. The van der Waals surface area contributed by atoms with Gasteiger partial charge in [-0.05, 0) is 30.3 Å². The first-order valence-corrected chi connectivity index (χ1v) is 7.32. The number of nitrogens with two attached hydrogens (primary N) is 1. The zero-order valence-electron chi connectivity index (χ0n) is 9.45. The lowest BCUT2D eigenvalue weighted by molar-refractivity contribution is 0.621. The molecule has 2 N–H and O–H groups in total. The number of hydrogen-bond acceptors (Lipinski definition) is 3. The van der Waals surface area contributed by atoms with E-state index in [4.69, 9.17) is 21.8 Å². The standard InChI is InChI=1S/C13H7Br2ClN2O/c14-6-1-2-8(9(16)3-6)13-18-11-5-7(15)4-10(17)12(11)19-13/h1-5H,17H2. The minimum atomic E-state index is 0.456. The molecule has 0 bridgehead atoms. The molecule has 0 saturated carbocycles. The molecule has 2 aromatic carbocycles. The normalized spacial score (nSPS) is 11.1. The van der Waals surface area contributed by atoms with Crippen molar-refractivity contribution in [1.82, 2.24) is 4.98 Å². The van der Waals surface area contributed by atoms with Crippen LogP contribution in [0.5, 0.6) is 0 Å². The second kappa shape index (κ2) is 4.81.